The Kier molecular flexibility index (Phi) is 2.46. The number of halogens is 1. The van der Waals surface area contributed by atoms with Crippen LogP contribution in [-0.2, 0) is 0 Å². The summed E-state index contributed by atoms with van der Waals surface area (Å²) in [5.41, 5.74) is 0. The zero-order valence-electron chi connectivity index (χ0n) is 8.14. The van der Waals surface area contributed by atoms with Gasteiger partial charge >= 0.3 is 0 Å². The van der Waals surface area contributed by atoms with Gasteiger partial charge in [0.1, 0.15) is 5.75 Å². The summed E-state index contributed by atoms with van der Waals surface area (Å²) in [6.07, 6.45) is 3.52. The van der Waals surface area contributed by atoms with E-state index < -0.39 is 0 Å². The van der Waals surface area contributed by atoms with Crippen molar-refractivity contribution >= 4 is 25.3 Å². The highest BCUT2D eigenvalue weighted by molar-refractivity contribution is 9.10. The standard InChI is InChI=1S/C10H12BrN2OP/c11-6-1-7(3-12-2-6)14-5-9-8-4-13(15)10(8)9/h1-3,8-10H,4-5,15H2/t8?,9?,10-/m0/s1. The van der Waals surface area contributed by atoms with Crippen molar-refractivity contribution in [2.24, 2.45) is 11.8 Å². The lowest BCUT2D eigenvalue weighted by molar-refractivity contribution is 0.291. The van der Waals surface area contributed by atoms with Gasteiger partial charge in [0.05, 0.1) is 12.8 Å². The molecule has 0 N–H and O–H groups in total. The maximum Gasteiger partial charge on any atom is 0.138 e. The Morgan fingerprint density at radius 1 is 1.60 bits per heavy atom. The van der Waals surface area contributed by atoms with Crippen LogP contribution in [0.4, 0.5) is 0 Å². The summed E-state index contributed by atoms with van der Waals surface area (Å²) in [7, 11) is 2.77. The quantitative estimate of drug-likeness (QED) is 0.794. The Balaban J connectivity index is 1.55. The third-order valence-corrected chi connectivity index (χ3v) is 4.20. The SMILES string of the molecule is PN1CC2C(COc3cncc(Br)c3)[C@H]21. The third kappa shape index (κ3) is 1.79. The van der Waals surface area contributed by atoms with Crippen LogP contribution in [0, 0.1) is 11.8 Å². The smallest absolute Gasteiger partial charge is 0.138 e. The molecule has 5 heteroatoms. The second kappa shape index (κ2) is 3.69. The molecule has 0 amide bonds. The van der Waals surface area contributed by atoms with Crippen LogP contribution in [-0.4, -0.2) is 28.8 Å². The predicted octanol–water partition coefficient (Wildman–Crippen LogP) is 1.94. The summed E-state index contributed by atoms with van der Waals surface area (Å²) in [6, 6.07) is 2.71. The van der Waals surface area contributed by atoms with E-state index in [-0.39, 0.29) is 0 Å². The van der Waals surface area contributed by atoms with Crippen molar-refractivity contribution in [3.8, 4) is 5.75 Å². The van der Waals surface area contributed by atoms with E-state index in [9.17, 15) is 0 Å². The zero-order chi connectivity index (χ0) is 10.4. The second-order valence-electron chi connectivity index (χ2n) is 4.16. The molecule has 1 aromatic heterocycles. The van der Waals surface area contributed by atoms with Crippen LogP contribution in [0.1, 0.15) is 0 Å². The molecule has 15 heavy (non-hydrogen) atoms. The van der Waals surface area contributed by atoms with E-state index in [1.807, 2.05) is 6.07 Å². The monoisotopic (exact) mass is 286 g/mol. The Morgan fingerprint density at radius 2 is 2.47 bits per heavy atom. The summed E-state index contributed by atoms with van der Waals surface area (Å²) in [6.45, 7) is 2.03. The molecule has 0 radical (unpaired) electrons. The van der Waals surface area contributed by atoms with Crippen LogP contribution in [0.2, 0.25) is 0 Å². The van der Waals surface area contributed by atoms with E-state index in [1.165, 1.54) is 6.54 Å². The lowest BCUT2D eigenvalue weighted by Gasteiger charge is -2.23. The summed E-state index contributed by atoms with van der Waals surface area (Å²) in [5.74, 6) is 2.45. The van der Waals surface area contributed by atoms with Crippen molar-refractivity contribution < 1.29 is 4.74 Å². The highest BCUT2D eigenvalue weighted by Crippen LogP contribution is 2.54. The largest absolute Gasteiger partial charge is 0.492 e. The van der Waals surface area contributed by atoms with Gasteiger partial charge in [-0.2, -0.15) is 0 Å². The van der Waals surface area contributed by atoms with Gasteiger partial charge in [0.25, 0.3) is 0 Å². The van der Waals surface area contributed by atoms with Gasteiger partial charge in [-0.1, -0.05) is 9.39 Å². The van der Waals surface area contributed by atoms with Gasteiger partial charge in [-0.3, -0.25) is 9.65 Å². The van der Waals surface area contributed by atoms with Crippen molar-refractivity contribution in [3.05, 3.63) is 22.9 Å². The number of pyridine rings is 1. The highest BCUT2D eigenvalue weighted by atomic mass is 79.9. The van der Waals surface area contributed by atoms with Crippen LogP contribution in [0.5, 0.6) is 5.75 Å². The van der Waals surface area contributed by atoms with E-state index in [1.54, 1.807) is 12.4 Å². The lowest BCUT2D eigenvalue weighted by atomic mass is 10.3. The second-order valence-corrected chi connectivity index (χ2v) is 5.74. The first-order valence-electron chi connectivity index (χ1n) is 5.00. The van der Waals surface area contributed by atoms with Crippen LogP contribution in [0.3, 0.4) is 0 Å². The maximum atomic E-state index is 5.71. The van der Waals surface area contributed by atoms with E-state index in [2.05, 4.69) is 35.0 Å². The van der Waals surface area contributed by atoms with E-state index in [0.29, 0.717) is 0 Å². The molecule has 2 heterocycles. The van der Waals surface area contributed by atoms with Crippen molar-refractivity contribution in [1.82, 2.24) is 9.65 Å². The average molecular weight is 287 g/mol. The molecule has 1 aliphatic heterocycles. The van der Waals surface area contributed by atoms with Gasteiger partial charge < -0.3 is 4.74 Å². The molecule has 0 bridgehead atoms. The van der Waals surface area contributed by atoms with Gasteiger partial charge in [-0.25, -0.2) is 0 Å². The van der Waals surface area contributed by atoms with Crippen LogP contribution < -0.4 is 4.74 Å². The molecular formula is C10H12BrN2OP. The molecule has 1 aliphatic carbocycles. The zero-order valence-corrected chi connectivity index (χ0v) is 10.9. The van der Waals surface area contributed by atoms with Crippen LogP contribution in [0.15, 0.2) is 22.9 Å². The fourth-order valence-corrected chi connectivity index (χ4v) is 3.30. The number of aromatic nitrogens is 1. The van der Waals surface area contributed by atoms with E-state index in [4.69, 9.17) is 4.74 Å². The molecule has 3 rings (SSSR count). The molecule has 2 aliphatic rings. The Hall–Kier alpha value is -0.180. The first-order chi connectivity index (χ1) is 7.25. The fourth-order valence-electron chi connectivity index (χ4n) is 2.27. The molecule has 1 aromatic rings. The van der Waals surface area contributed by atoms with Crippen molar-refractivity contribution in [2.45, 2.75) is 6.04 Å². The first kappa shape index (κ1) is 10.0. The number of fused-ring (bicyclic) bond motifs is 1. The number of ether oxygens (including phenoxy) is 1. The third-order valence-electron chi connectivity index (χ3n) is 3.21. The Morgan fingerprint density at radius 3 is 3.07 bits per heavy atom. The lowest BCUT2D eigenvalue weighted by Crippen LogP contribution is -2.29. The first-order valence-corrected chi connectivity index (χ1v) is 6.31. The van der Waals surface area contributed by atoms with Crippen molar-refractivity contribution in [1.29, 1.82) is 0 Å². The Bertz CT molecular complexity index is 389. The van der Waals surface area contributed by atoms with Gasteiger partial charge in [-0.15, -0.1) is 0 Å². The number of nitrogens with zero attached hydrogens (tertiary/aromatic N) is 2. The van der Waals surface area contributed by atoms with E-state index >= 15 is 0 Å². The molecule has 3 nitrogen and oxygen atoms in total. The normalized spacial score (nSPS) is 33.1. The van der Waals surface area contributed by atoms with Gasteiger partial charge in [-0.05, 0) is 27.9 Å². The average Bonchev–Trinajstić information content (AvgIpc) is 2.80. The topological polar surface area (TPSA) is 25.4 Å². The minimum atomic E-state index is 0.724. The molecule has 1 saturated heterocycles. The minimum Gasteiger partial charge on any atom is -0.492 e. The number of hydrogen-bond acceptors (Lipinski definition) is 3. The summed E-state index contributed by atoms with van der Waals surface area (Å²) in [4.78, 5) is 4.06. The molecule has 3 unspecified atom stereocenters. The van der Waals surface area contributed by atoms with Gasteiger partial charge in [0.2, 0.25) is 0 Å². The van der Waals surface area contributed by atoms with E-state index in [0.717, 1.165) is 34.7 Å². The maximum absolute atomic E-state index is 5.71. The highest BCUT2D eigenvalue weighted by Gasteiger charge is 2.60. The molecular weight excluding hydrogens is 275 g/mol. The molecule has 1 saturated carbocycles. The minimum absolute atomic E-state index is 0.724. The van der Waals surface area contributed by atoms with Crippen molar-refractivity contribution in [3.63, 3.8) is 0 Å². The number of rotatable bonds is 3. The van der Waals surface area contributed by atoms with Crippen LogP contribution >= 0.6 is 25.3 Å². The Labute approximate surface area is 99.6 Å². The molecule has 2 fully saturated rings. The summed E-state index contributed by atoms with van der Waals surface area (Å²) < 4.78 is 8.99. The predicted molar refractivity (Wildman–Crippen MR) is 64.6 cm³/mol. The number of hydrogen-bond donors (Lipinski definition) is 0. The fraction of sp³-hybridized carbons (Fsp3) is 0.500. The van der Waals surface area contributed by atoms with Crippen LogP contribution in [0.25, 0.3) is 0 Å². The molecule has 4 atom stereocenters. The summed E-state index contributed by atoms with van der Waals surface area (Å²) in [5, 5.41) is 0. The molecule has 0 aromatic carbocycles. The summed E-state index contributed by atoms with van der Waals surface area (Å²) >= 11 is 3.38. The van der Waals surface area contributed by atoms with Gasteiger partial charge in [0.15, 0.2) is 0 Å². The van der Waals surface area contributed by atoms with Crippen molar-refractivity contribution in [2.75, 3.05) is 13.2 Å². The molecule has 80 valence electrons. The van der Waals surface area contributed by atoms with Gasteiger partial charge in [0, 0.05) is 29.2 Å². The molecule has 0 spiro atoms.